The molecule has 0 aliphatic heterocycles. The largest absolute Gasteiger partial charge is 0.481 e. The molecule has 0 saturated carbocycles. The van der Waals surface area contributed by atoms with E-state index in [1.807, 2.05) is 32.9 Å². The van der Waals surface area contributed by atoms with E-state index in [2.05, 4.69) is 10.3 Å². The summed E-state index contributed by atoms with van der Waals surface area (Å²) in [6, 6.07) is 3.56. The van der Waals surface area contributed by atoms with Gasteiger partial charge >= 0.3 is 5.97 Å². The number of aromatic nitrogens is 1. The first-order valence-electron chi connectivity index (χ1n) is 5.28. The molecule has 2 N–H and O–H groups in total. The van der Waals surface area contributed by atoms with Crippen LogP contribution in [0.1, 0.15) is 27.2 Å². The summed E-state index contributed by atoms with van der Waals surface area (Å²) in [7, 11) is 0. The Morgan fingerprint density at radius 2 is 2.00 bits per heavy atom. The average Bonchev–Trinajstić information content (AvgIpc) is 2.16. The standard InChI is InChI=1S/C12H18N2O2/c1-12(2,3)10(8-11(15)16)14-9-4-6-13-7-5-9/h4-7,10H,8H2,1-3H3,(H,13,14)(H,15,16). The topological polar surface area (TPSA) is 62.2 Å². The van der Waals surface area contributed by atoms with Crippen molar-refractivity contribution in [3.8, 4) is 0 Å². The monoisotopic (exact) mass is 222 g/mol. The third-order valence-electron chi connectivity index (χ3n) is 2.45. The van der Waals surface area contributed by atoms with Gasteiger partial charge in [0.2, 0.25) is 0 Å². The van der Waals surface area contributed by atoms with Gasteiger partial charge in [-0.25, -0.2) is 0 Å². The van der Waals surface area contributed by atoms with E-state index in [9.17, 15) is 4.79 Å². The van der Waals surface area contributed by atoms with Gasteiger partial charge in [0.15, 0.2) is 0 Å². The number of carbonyl (C=O) groups is 1. The van der Waals surface area contributed by atoms with Crippen molar-refractivity contribution in [2.45, 2.75) is 33.2 Å². The Morgan fingerprint density at radius 1 is 1.44 bits per heavy atom. The first-order valence-corrected chi connectivity index (χ1v) is 5.28. The lowest BCUT2D eigenvalue weighted by molar-refractivity contribution is -0.137. The summed E-state index contributed by atoms with van der Waals surface area (Å²) < 4.78 is 0. The zero-order chi connectivity index (χ0) is 12.2. The lowest BCUT2D eigenvalue weighted by atomic mass is 9.84. The maximum Gasteiger partial charge on any atom is 0.305 e. The lowest BCUT2D eigenvalue weighted by Crippen LogP contribution is -2.36. The summed E-state index contributed by atoms with van der Waals surface area (Å²) >= 11 is 0. The van der Waals surface area contributed by atoms with Gasteiger partial charge < -0.3 is 10.4 Å². The van der Waals surface area contributed by atoms with E-state index in [0.717, 1.165) is 5.69 Å². The van der Waals surface area contributed by atoms with Crippen LogP contribution in [0.15, 0.2) is 24.5 Å². The molecule has 0 bridgehead atoms. The van der Waals surface area contributed by atoms with Crippen LogP contribution in [0.3, 0.4) is 0 Å². The molecule has 0 radical (unpaired) electrons. The average molecular weight is 222 g/mol. The Labute approximate surface area is 95.7 Å². The highest BCUT2D eigenvalue weighted by Gasteiger charge is 2.26. The fourth-order valence-electron chi connectivity index (χ4n) is 1.40. The number of hydrogen-bond donors (Lipinski definition) is 2. The van der Waals surface area contributed by atoms with Crippen molar-refractivity contribution in [2.75, 3.05) is 5.32 Å². The number of pyridine rings is 1. The SMILES string of the molecule is CC(C)(C)C(CC(=O)O)Nc1ccncc1. The number of aliphatic carboxylic acids is 1. The molecule has 4 heteroatoms. The van der Waals surface area contributed by atoms with E-state index in [1.165, 1.54) is 0 Å². The number of carboxylic acids is 1. The molecule has 1 unspecified atom stereocenters. The van der Waals surface area contributed by atoms with Crippen LogP contribution >= 0.6 is 0 Å². The number of rotatable bonds is 4. The van der Waals surface area contributed by atoms with Crippen molar-refractivity contribution in [1.82, 2.24) is 4.98 Å². The Kier molecular flexibility index (Phi) is 3.88. The minimum absolute atomic E-state index is 0.103. The molecule has 0 fully saturated rings. The first kappa shape index (κ1) is 12.5. The minimum atomic E-state index is -0.790. The Hall–Kier alpha value is -1.58. The molecule has 1 atom stereocenters. The highest BCUT2D eigenvalue weighted by atomic mass is 16.4. The quantitative estimate of drug-likeness (QED) is 0.821. The van der Waals surface area contributed by atoms with E-state index in [4.69, 9.17) is 5.11 Å². The summed E-state index contributed by atoms with van der Waals surface area (Å²) in [5.41, 5.74) is 0.790. The van der Waals surface area contributed by atoms with Crippen LogP contribution in [0.5, 0.6) is 0 Å². The van der Waals surface area contributed by atoms with Crippen LogP contribution in [0, 0.1) is 5.41 Å². The molecule has 4 nitrogen and oxygen atoms in total. The summed E-state index contributed by atoms with van der Waals surface area (Å²) in [5.74, 6) is -0.790. The van der Waals surface area contributed by atoms with Crippen molar-refractivity contribution in [1.29, 1.82) is 0 Å². The first-order chi connectivity index (χ1) is 7.39. The Morgan fingerprint density at radius 3 is 2.44 bits per heavy atom. The van der Waals surface area contributed by atoms with Gasteiger partial charge in [0.25, 0.3) is 0 Å². The third kappa shape index (κ3) is 3.88. The Balaban J connectivity index is 2.75. The van der Waals surface area contributed by atoms with Crippen molar-refractivity contribution >= 4 is 11.7 Å². The Bertz CT molecular complexity index is 344. The summed E-state index contributed by atoms with van der Waals surface area (Å²) in [5, 5.41) is 12.1. The molecule has 1 heterocycles. The molecule has 0 aliphatic carbocycles. The highest BCUT2D eigenvalue weighted by Crippen LogP contribution is 2.25. The summed E-state index contributed by atoms with van der Waals surface area (Å²) in [6.07, 6.45) is 3.47. The van der Waals surface area contributed by atoms with Gasteiger partial charge in [-0.15, -0.1) is 0 Å². The molecule has 0 saturated heterocycles. The number of carboxylic acid groups (broad SMARTS) is 1. The molecule has 1 aromatic rings. The molecular weight excluding hydrogens is 204 g/mol. The van der Waals surface area contributed by atoms with Crippen LogP contribution in [-0.4, -0.2) is 22.1 Å². The third-order valence-corrected chi connectivity index (χ3v) is 2.45. The number of nitrogens with one attached hydrogen (secondary N) is 1. The zero-order valence-electron chi connectivity index (χ0n) is 9.90. The van der Waals surface area contributed by atoms with Crippen molar-refractivity contribution in [3.05, 3.63) is 24.5 Å². The van der Waals surface area contributed by atoms with E-state index in [-0.39, 0.29) is 17.9 Å². The predicted octanol–water partition coefficient (Wildman–Crippen LogP) is 2.38. The second-order valence-corrected chi connectivity index (χ2v) is 4.90. The highest BCUT2D eigenvalue weighted by molar-refractivity contribution is 5.68. The van der Waals surface area contributed by atoms with Gasteiger partial charge in [-0.1, -0.05) is 20.8 Å². The fraction of sp³-hybridized carbons (Fsp3) is 0.500. The normalized spacial score (nSPS) is 13.2. The number of nitrogens with zero attached hydrogens (tertiary/aromatic N) is 1. The van der Waals surface area contributed by atoms with Gasteiger partial charge in [-0.2, -0.15) is 0 Å². The molecular formula is C12H18N2O2. The number of anilines is 1. The predicted molar refractivity (Wildman–Crippen MR) is 63.4 cm³/mol. The molecule has 0 spiro atoms. The molecule has 0 aromatic carbocycles. The van der Waals surface area contributed by atoms with E-state index < -0.39 is 5.97 Å². The van der Waals surface area contributed by atoms with E-state index in [0.29, 0.717) is 0 Å². The molecule has 16 heavy (non-hydrogen) atoms. The van der Waals surface area contributed by atoms with Crippen molar-refractivity contribution in [2.24, 2.45) is 5.41 Å². The molecule has 1 aromatic heterocycles. The second kappa shape index (κ2) is 4.96. The molecule has 1 rings (SSSR count). The van der Waals surface area contributed by atoms with Gasteiger partial charge in [0, 0.05) is 24.1 Å². The van der Waals surface area contributed by atoms with Crippen LogP contribution in [-0.2, 0) is 4.79 Å². The van der Waals surface area contributed by atoms with Gasteiger partial charge in [0.1, 0.15) is 0 Å². The summed E-state index contributed by atoms with van der Waals surface area (Å²) in [6.45, 7) is 6.07. The molecule has 0 aliphatic rings. The van der Waals surface area contributed by atoms with E-state index in [1.54, 1.807) is 12.4 Å². The number of hydrogen-bond acceptors (Lipinski definition) is 3. The van der Waals surface area contributed by atoms with Crippen LogP contribution in [0.25, 0.3) is 0 Å². The molecule has 88 valence electrons. The van der Waals surface area contributed by atoms with Crippen LogP contribution < -0.4 is 5.32 Å². The zero-order valence-corrected chi connectivity index (χ0v) is 9.90. The van der Waals surface area contributed by atoms with Crippen LogP contribution in [0.4, 0.5) is 5.69 Å². The second-order valence-electron chi connectivity index (χ2n) is 4.90. The van der Waals surface area contributed by atoms with E-state index >= 15 is 0 Å². The minimum Gasteiger partial charge on any atom is -0.481 e. The fourth-order valence-corrected chi connectivity index (χ4v) is 1.40. The van der Waals surface area contributed by atoms with Crippen LogP contribution in [0.2, 0.25) is 0 Å². The van der Waals surface area contributed by atoms with Crippen molar-refractivity contribution in [3.63, 3.8) is 0 Å². The smallest absolute Gasteiger partial charge is 0.305 e. The van der Waals surface area contributed by atoms with Gasteiger partial charge in [-0.3, -0.25) is 9.78 Å². The summed E-state index contributed by atoms with van der Waals surface area (Å²) in [4.78, 5) is 14.7. The van der Waals surface area contributed by atoms with Crippen molar-refractivity contribution < 1.29 is 9.90 Å². The van der Waals surface area contributed by atoms with Gasteiger partial charge in [0.05, 0.1) is 6.42 Å². The molecule has 0 amide bonds. The van der Waals surface area contributed by atoms with Gasteiger partial charge in [-0.05, 0) is 17.5 Å². The maximum atomic E-state index is 10.8. The lowest BCUT2D eigenvalue weighted by Gasteiger charge is -2.31. The maximum absolute atomic E-state index is 10.8.